The molecule has 1 atom stereocenters. The average Bonchev–Trinajstić information content (AvgIpc) is 3.38. The van der Waals surface area contributed by atoms with E-state index < -0.39 is 6.10 Å². The van der Waals surface area contributed by atoms with Crippen LogP contribution in [0.3, 0.4) is 0 Å². The van der Waals surface area contributed by atoms with Crippen molar-refractivity contribution in [2.24, 2.45) is 0 Å². The molecule has 0 aromatic heterocycles. The predicted octanol–water partition coefficient (Wildman–Crippen LogP) is 21.8. The van der Waals surface area contributed by atoms with E-state index in [1.165, 1.54) is 257 Å². The quantitative estimate of drug-likeness (QED) is 0.0261. The molecule has 0 aliphatic rings. The summed E-state index contributed by atoms with van der Waals surface area (Å²) in [7, 11) is 0. The third kappa shape index (κ3) is 58.8. The summed E-state index contributed by atoms with van der Waals surface area (Å²) >= 11 is 0. The first-order valence-electron chi connectivity index (χ1n) is 32.3. The maximum absolute atomic E-state index is 12.8. The molecule has 6 nitrogen and oxygen atoms in total. The van der Waals surface area contributed by atoms with Gasteiger partial charge < -0.3 is 14.2 Å². The molecule has 0 heterocycles. The summed E-state index contributed by atoms with van der Waals surface area (Å²) in [6, 6.07) is 0. The van der Waals surface area contributed by atoms with Gasteiger partial charge in [-0.15, -0.1) is 0 Å². The van der Waals surface area contributed by atoms with Crippen LogP contribution < -0.4 is 0 Å². The third-order valence-electron chi connectivity index (χ3n) is 14.7. The number of unbranched alkanes of at least 4 members (excludes halogenated alkanes) is 45. The smallest absolute Gasteiger partial charge is 0.306 e. The lowest BCUT2D eigenvalue weighted by Gasteiger charge is -2.18. The third-order valence-corrected chi connectivity index (χ3v) is 14.7. The zero-order valence-electron chi connectivity index (χ0n) is 48.7. The minimum Gasteiger partial charge on any atom is -0.462 e. The van der Waals surface area contributed by atoms with Gasteiger partial charge in [-0.3, -0.25) is 14.4 Å². The molecule has 72 heavy (non-hydrogen) atoms. The van der Waals surface area contributed by atoms with Gasteiger partial charge >= 0.3 is 17.9 Å². The summed E-state index contributed by atoms with van der Waals surface area (Å²) in [6.07, 6.45) is 73.8. The Labute approximate surface area is 449 Å². The number of allylic oxidation sites excluding steroid dienone is 4. The second-order valence-corrected chi connectivity index (χ2v) is 22.0. The maximum atomic E-state index is 12.8. The zero-order valence-corrected chi connectivity index (χ0v) is 48.7. The highest BCUT2D eigenvalue weighted by Gasteiger charge is 2.19. The van der Waals surface area contributed by atoms with E-state index in [1.807, 2.05) is 0 Å². The van der Waals surface area contributed by atoms with Crippen LogP contribution in [0.2, 0.25) is 0 Å². The van der Waals surface area contributed by atoms with Crippen molar-refractivity contribution in [1.82, 2.24) is 0 Å². The molecule has 0 saturated carbocycles. The molecule has 0 aromatic carbocycles. The zero-order chi connectivity index (χ0) is 52.2. The molecule has 424 valence electrons. The number of hydrogen-bond acceptors (Lipinski definition) is 6. The lowest BCUT2D eigenvalue weighted by atomic mass is 10.0. The van der Waals surface area contributed by atoms with Crippen molar-refractivity contribution >= 4 is 17.9 Å². The molecule has 0 aromatic rings. The Balaban J connectivity index is 3.87. The van der Waals surface area contributed by atoms with E-state index in [4.69, 9.17) is 14.2 Å². The molecule has 0 aliphatic carbocycles. The van der Waals surface area contributed by atoms with Gasteiger partial charge in [0.2, 0.25) is 0 Å². The van der Waals surface area contributed by atoms with Gasteiger partial charge in [0, 0.05) is 19.3 Å². The van der Waals surface area contributed by atoms with Gasteiger partial charge in [-0.05, 0) is 51.4 Å². The van der Waals surface area contributed by atoms with E-state index in [1.54, 1.807) is 0 Å². The van der Waals surface area contributed by atoms with E-state index in [9.17, 15) is 14.4 Å². The molecule has 0 N–H and O–H groups in total. The van der Waals surface area contributed by atoms with E-state index in [0.717, 1.165) is 64.2 Å². The standard InChI is InChI=1S/C66H124O6/c1-4-7-10-13-16-19-21-22-23-24-25-26-27-28-29-30-31-32-33-34-35-36-37-38-39-40-41-42-43-44-45-48-50-53-56-59-65(68)71-62-63(61-70-64(67)58-55-52-49-46-18-15-12-9-6-3)72-66(69)60-57-54-51-47-20-17-14-11-8-5-2/h21-22,24-25,63H,4-20,23,26-62H2,1-3H3/b22-21-,25-24-. The molecule has 0 saturated heterocycles. The van der Waals surface area contributed by atoms with Crippen molar-refractivity contribution in [3.63, 3.8) is 0 Å². The summed E-state index contributed by atoms with van der Waals surface area (Å²) < 4.78 is 16.8. The monoisotopic (exact) mass is 1010 g/mol. The Morgan fingerprint density at radius 3 is 0.764 bits per heavy atom. The van der Waals surface area contributed by atoms with Crippen molar-refractivity contribution in [3.05, 3.63) is 24.3 Å². The van der Waals surface area contributed by atoms with Gasteiger partial charge in [0.05, 0.1) is 0 Å². The largest absolute Gasteiger partial charge is 0.462 e. The van der Waals surface area contributed by atoms with Crippen LogP contribution in [0.5, 0.6) is 0 Å². The molecule has 0 amide bonds. The Morgan fingerprint density at radius 1 is 0.278 bits per heavy atom. The predicted molar refractivity (Wildman–Crippen MR) is 312 cm³/mol. The van der Waals surface area contributed by atoms with Gasteiger partial charge in [0.25, 0.3) is 0 Å². The molecule has 0 aliphatic heterocycles. The van der Waals surface area contributed by atoms with Crippen molar-refractivity contribution in [2.75, 3.05) is 13.2 Å². The summed E-state index contributed by atoms with van der Waals surface area (Å²) in [5.74, 6) is -0.847. The van der Waals surface area contributed by atoms with Gasteiger partial charge in [0.15, 0.2) is 6.10 Å². The Bertz CT molecular complexity index is 1160. The molecule has 1 unspecified atom stereocenters. The van der Waals surface area contributed by atoms with E-state index in [2.05, 4.69) is 45.1 Å². The van der Waals surface area contributed by atoms with Crippen LogP contribution in [-0.2, 0) is 28.6 Å². The molecule has 0 fully saturated rings. The molecule has 0 bridgehead atoms. The van der Waals surface area contributed by atoms with Crippen molar-refractivity contribution < 1.29 is 28.6 Å². The number of esters is 3. The van der Waals surface area contributed by atoms with Crippen molar-refractivity contribution in [1.29, 1.82) is 0 Å². The highest BCUT2D eigenvalue weighted by Crippen LogP contribution is 2.18. The van der Waals surface area contributed by atoms with Crippen LogP contribution in [-0.4, -0.2) is 37.2 Å². The highest BCUT2D eigenvalue weighted by molar-refractivity contribution is 5.71. The molecular formula is C66H124O6. The fourth-order valence-corrected chi connectivity index (χ4v) is 9.83. The SMILES string of the molecule is CCCCCCC/C=C\C/C=C\CCCCCCCCCCCCCCCCCCCCCCCCCC(=O)OCC(COC(=O)CCCCCCCCCCC)OC(=O)CCCCCCCCCCCC. The Kier molecular flexibility index (Phi) is 59.6. The van der Waals surface area contributed by atoms with E-state index >= 15 is 0 Å². The van der Waals surface area contributed by atoms with Gasteiger partial charge in [-0.25, -0.2) is 0 Å². The van der Waals surface area contributed by atoms with Crippen LogP contribution in [0.15, 0.2) is 24.3 Å². The topological polar surface area (TPSA) is 78.9 Å². The molecule has 0 rings (SSSR count). The summed E-state index contributed by atoms with van der Waals surface area (Å²) in [4.78, 5) is 37.9. The van der Waals surface area contributed by atoms with Crippen LogP contribution in [0.4, 0.5) is 0 Å². The summed E-state index contributed by atoms with van der Waals surface area (Å²) in [6.45, 7) is 6.64. The average molecular weight is 1010 g/mol. The number of ether oxygens (including phenoxy) is 3. The number of carbonyl (C=O) groups excluding carboxylic acids is 3. The second-order valence-electron chi connectivity index (χ2n) is 22.0. The highest BCUT2D eigenvalue weighted by atomic mass is 16.6. The van der Waals surface area contributed by atoms with Gasteiger partial charge in [-0.2, -0.15) is 0 Å². The van der Waals surface area contributed by atoms with Crippen molar-refractivity contribution in [3.8, 4) is 0 Å². The first-order valence-corrected chi connectivity index (χ1v) is 32.3. The van der Waals surface area contributed by atoms with Crippen LogP contribution in [0.25, 0.3) is 0 Å². The minimum atomic E-state index is -0.762. The fraction of sp³-hybridized carbons (Fsp3) is 0.894. The molecular weight excluding hydrogens is 889 g/mol. The fourth-order valence-electron chi connectivity index (χ4n) is 9.83. The Hall–Kier alpha value is -2.11. The first-order chi connectivity index (χ1) is 35.5. The molecule has 0 radical (unpaired) electrons. The van der Waals surface area contributed by atoms with E-state index in [-0.39, 0.29) is 31.1 Å². The number of carbonyl (C=O) groups is 3. The lowest BCUT2D eigenvalue weighted by Crippen LogP contribution is -2.30. The summed E-state index contributed by atoms with van der Waals surface area (Å²) in [5.41, 5.74) is 0. The molecule has 0 spiro atoms. The normalized spacial score (nSPS) is 12.1. The molecule has 6 heteroatoms. The van der Waals surface area contributed by atoms with Gasteiger partial charge in [-0.1, -0.05) is 315 Å². The lowest BCUT2D eigenvalue weighted by molar-refractivity contribution is -0.167. The van der Waals surface area contributed by atoms with Crippen LogP contribution in [0.1, 0.15) is 361 Å². The van der Waals surface area contributed by atoms with Gasteiger partial charge in [0.1, 0.15) is 13.2 Å². The summed E-state index contributed by atoms with van der Waals surface area (Å²) in [5, 5.41) is 0. The second kappa shape index (κ2) is 61.4. The number of rotatable bonds is 60. The minimum absolute atomic E-state index is 0.0640. The van der Waals surface area contributed by atoms with Crippen LogP contribution >= 0.6 is 0 Å². The maximum Gasteiger partial charge on any atom is 0.306 e. The van der Waals surface area contributed by atoms with E-state index in [0.29, 0.717) is 19.3 Å². The first kappa shape index (κ1) is 69.9. The Morgan fingerprint density at radius 2 is 0.500 bits per heavy atom. The van der Waals surface area contributed by atoms with Crippen molar-refractivity contribution in [2.45, 2.75) is 367 Å². The number of hydrogen-bond donors (Lipinski definition) is 0. The van der Waals surface area contributed by atoms with Crippen LogP contribution in [0, 0.1) is 0 Å².